The smallest absolute Gasteiger partial charge is 0.0490 e. The van der Waals surface area contributed by atoms with Gasteiger partial charge in [-0.25, -0.2) is 0 Å². The highest BCUT2D eigenvalue weighted by Gasteiger charge is 2.33. The summed E-state index contributed by atoms with van der Waals surface area (Å²) in [6.45, 7) is 3.33. The predicted molar refractivity (Wildman–Crippen MR) is 63.8 cm³/mol. The van der Waals surface area contributed by atoms with E-state index in [1.807, 2.05) is 7.11 Å². The van der Waals surface area contributed by atoms with Gasteiger partial charge in [0.2, 0.25) is 0 Å². The zero-order valence-corrected chi connectivity index (χ0v) is 10.4. The second-order valence-corrected chi connectivity index (χ2v) is 5.81. The quantitative estimate of drug-likeness (QED) is 0.687. The van der Waals surface area contributed by atoms with Gasteiger partial charge in [0.05, 0.1) is 0 Å². The van der Waals surface area contributed by atoms with Crippen molar-refractivity contribution >= 4 is 0 Å². The van der Waals surface area contributed by atoms with Crippen molar-refractivity contribution in [3.63, 3.8) is 0 Å². The highest BCUT2D eigenvalue weighted by atomic mass is 16.5. The summed E-state index contributed by atoms with van der Waals surface area (Å²) in [5.74, 6) is 3.88. The summed E-state index contributed by atoms with van der Waals surface area (Å²) in [6.07, 6.45) is 10.5. The lowest BCUT2D eigenvalue weighted by Gasteiger charge is -2.41. The molecule has 0 spiro atoms. The van der Waals surface area contributed by atoms with Crippen molar-refractivity contribution in [1.82, 2.24) is 0 Å². The van der Waals surface area contributed by atoms with Gasteiger partial charge in [-0.15, -0.1) is 0 Å². The molecule has 2 aliphatic rings. The molecule has 0 saturated heterocycles. The Morgan fingerprint density at radius 1 is 1.07 bits per heavy atom. The molecule has 0 aromatic rings. The van der Waals surface area contributed by atoms with Crippen LogP contribution < -0.4 is 0 Å². The van der Waals surface area contributed by atoms with E-state index >= 15 is 0 Å². The minimum absolute atomic E-state index is 0.776. The Balaban J connectivity index is 1.85. The molecule has 2 fully saturated rings. The highest BCUT2D eigenvalue weighted by molar-refractivity contribution is 4.84. The maximum absolute atomic E-state index is 5.29. The lowest BCUT2D eigenvalue weighted by Crippen LogP contribution is -2.31. The first kappa shape index (κ1) is 11.4. The fourth-order valence-corrected chi connectivity index (χ4v) is 3.83. The van der Waals surface area contributed by atoms with E-state index in [0.717, 1.165) is 30.3 Å². The summed E-state index contributed by atoms with van der Waals surface area (Å²) in [7, 11) is 1.84. The van der Waals surface area contributed by atoms with Gasteiger partial charge in [0, 0.05) is 13.7 Å². The summed E-state index contributed by atoms with van der Waals surface area (Å²) in [5, 5.41) is 0. The van der Waals surface area contributed by atoms with E-state index in [1.54, 1.807) is 0 Å². The van der Waals surface area contributed by atoms with E-state index in [4.69, 9.17) is 4.74 Å². The minimum atomic E-state index is 0.776. The van der Waals surface area contributed by atoms with Crippen LogP contribution in [-0.2, 0) is 4.74 Å². The monoisotopic (exact) mass is 210 g/mol. The number of hydrogen-bond donors (Lipinski definition) is 0. The first-order valence-corrected chi connectivity index (χ1v) is 6.80. The van der Waals surface area contributed by atoms with Gasteiger partial charge in [0.25, 0.3) is 0 Å². The molecule has 0 amide bonds. The molecule has 0 aromatic carbocycles. The molecule has 0 aromatic heterocycles. The number of hydrogen-bond acceptors (Lipinski definition) is 1. The fraction of sp³-hybridized carbons (Fsp3) is 1.00. The average molecular weight is 210 g/mol. The number of methoxy groups -OCH3 is 1. The Bertz CT molecular complexity index is 190. The molecule has 88 valence electrons. The van der Waals surface area contributed by atoms with Crippen LogP contribution in [0.2, 0.25) is 0 Å². The van der Waals surface area contributed by atoms with Gasteiger partial charge < -0.3 is 4.74 Å². The lowest BCUT2D eigenvalue weighted by atomic mass is 9.65. The molecule has 0 heterocycles. The third-order valence-corrected chi connectivity index (χ3v) is 4.81. The average Bonchev–Trinajstić information content (AvgIpc) is 2.29. The predicted octanol–water partition coefficient (Wildman–Crippen LogP) is 3.88. The van der Waals surface area contributed by atoms with Gasteiger partial charge in [-0.3, -0.25) is 0 Å². The van der Waals surface area contributed by atoms with Gasteiger partial charge in [0.1, 0.15) is 0 Å². The molecule has 0 aliphatic heterocycles. The molecular formula is C14H26O. The van der Waals surface area contributed by atoms with Crippen LogP contribution in [0.25, 0.3) is 0 Å². The summed E-state index contributed by atoms with van der Waals surface area (Å²) >= 11 is 0. The van der Waals surface area contributed by atoms with Gasteiger partial charge in [0.15, 0.2) is 0 Å². The minimum Gasteiger partial charge on any atom is -0.384 e. The zero-order valence-electron chi connectivity index (χ0n) is 10.4. The first-order valence-electron chi connectivity index (χ1n) is 6.80. The molecule has 0 bridgehead atoms. The maximum atomic E-state index is 5.29. The third-order valence-electron chi connectivity index (χ3n) is 4.81. The zero-order chi connectivity index (χ0) is 10.7. The van der Waals surface area contributed by atoms with Crippen LogP contribution in [0.15, 0.2) is 0 Å². The van der Waals surface area contributed by atoms with Crippen molar-refractivity contribution < 1.29 is 4.74 Å². The molecule has 2 rings (SSSR count). The normalized spacial score (nSPS) is 38.4. The molecule has 1 heteroatoms. The Morgan fingerprint density at radius 2 is 1.80 bits per heavy atom. The molecule has 0 N–H and O–H groups in total. The van der Waals surface area contributed by atoms with Crippen molar-refractivity contribution in [2.24, 2.45) is 23.7 Å². The number of ether oxygens (including phenoxy) is 1. The van der Waals surface area contributed by atoms with E-state index in [0.29, 0.717) is 0 Å². The van der Waals surface area contributed by atoms with Gasteiger partial charge in [-0.1, -0.05) is 32.6 Å². The van der Waals surface area contributed by atoms with Crippen LogP contribution >= 0.6 is 0 Å². The van der Waals surface area contributed by atoms with Gasteiger partial charge in [-0.2, -0.15) is 0 Å². The standard InChI is InChI=1S/C14H26O/c1-11(10-15-2)13-8-7-12-5-3-4-6-14(12)9-13/h11-14H,3-10H2,1-2H3. The maximum Gasteiger partial charge on any atom is 0.0490 e. The second-order valence-electron chi connectivity index (χ2n) is 5.81. The van der Waals surface area contributed by atoms with E-state index in [1.165, 1.54) is 44.9 Å². The third kappa shape index (κ3) is 2.75. The molecular weight excluding hydrogens is 184 g/mol. The number of rotatable bonds is 3. The molecule has 2 aliphatic carbocycles. The van der Waals surface area contributed by atoms with Crippen LogP contribution in [-0.4, -0.2) is 13.7 Å². The Labute approximate surface area is 94.6 Å². The topological polar surface area (TPSA) is 9.23 Å². The molecule has 4 unspecified atom stereocenters. The van der Waals surface area contributed by atoms with Gasteiger partial charge in [-0.05, 0) is 42.9 Å². The van der Waals surface area contributed by atoms with E-state index in [-0.39, 0.29) is 0 Å². The van der Waals surface area contributed by atoms with Gasteiger partial charge >= 0.3 is 0 Å². The Morgan fingerprint density at radius 3 is 2.53 bits per heavy atom. The number of fused-ring (bicyclic) bond motifs is 1. The van der Waals surface area contributed by atoms with Crippen molar-refractivity contribution in [1.29, 1.82) is 0 Å². The second kappa shape index (κ2) is 5.34. The van der Waals surface area contributed by atoms with Crippen LogP contribution in [0, 0.1) is 23.7 Å². The SMILES string of the molecule is COCC(C)C1CCC2CCCCC2C1. The molecule has 2 saturated carbocycles. The fourth-order valence-electron chi connectivity index (χ4n) is 3.83. The van der Waals surface area contributed by atoms with Crippen molar-refractivity contribution in [2.75, 3.05) is 13.7 Å². The van der Waals surface area contributed by atoms with E-state index < -0.39 is 0 Å². The summed E-state index contributed by atoms with van der Waals surface area (Å²) < 4.78 is 5.29. The van der Waals surface area contributed by atoms with Crippen LogP contribution in [0.4, 0.5) is 0 Å². The molecule has 0 radical (unpaired) electrons. The van der Waals surface area contributed by atoms with Crippen LogP contribution in [0.5, 0.6) is 0 Å². The molecule has 4 atom stereocenters. The Kier molecular flexibility index (Phi) is 4.07. The van der Waals surface area contributed by atoms with E-state index in [2.05, 4.69) is 6.92 Å². The first-order chi connectivity index (χ1) is 7.31. The van der Waals surface area contributed by atoms with Crippen molar-refractivity contribution in [3.8, 4) is 0 Å². The van der Waals surface area contributed by atoms with E-state index in [9.17, 15) is 0 Å². The Hall–Kier alpha value is -0.0400. The lowest BCUT2D eigenvalue weighted by molar-refractivity contribution is 0.0651. The summed E-state index contributed by atoms with van der Waals surface area (Å²) in [4.78, 5) is 0. The van der Waals surface area contributed by atoms with Crippen molar-refractivity contribution in [3.05, 3.63) is 0 Å². The highest BCUT2D eigenvalue weighted by Crippen LogP contribution is 2.44. The molecule has 1 nitrogen and oxygen atoms in total. The summed E-state index contributed by atoms with van der Waals surface area (Å²) in [5.41, 5.74) is 0. The van der Waals surface area contributed by atoms with Crippen molar-refractivity contribution in [2.45, 2.75) is 51.9 Å². The molecule has 15 heavy (non-hydrogen) atoms. The largest absolute Gasteiger partial charge is 0.384 e. The summed E-state index contributed by atoms with van der Waals surface area (Å²) in [6, 6.07) is 0. The van der Waals surface area contributed by atoms with Crippen LogP contribution in [0.3, 0.4) is 0 Å². The van der Waals surface area contributed by atoms with Crippen LogP contribution in [0.1, 0.15) is 51.9 Å².